The zero-order chi connectivity index (χ0) is 13.4. The Labute approximate surface area is 109 Å². The maximum absolute atomic E-state index is 10.7. The molecule has 0 unspecified atom stereocenters. The van der Waals surface area contributed by atoms with Crippen LogP contribution in [0, 0.1) is 10.1 Å². The van der Waals surface area contributed by atoms with Crippen LogP contribution in [0.15, 0.2) is 54.9 Å². The Morgan fingerprint density at radius 1 is 1.16 bits per heavy atom. The van der Waals surface area contributed by atoms with Crippen LogP contribution in [0.5, 0.6) is 0 Å². The molecule has 0 aliphatic rings. The second-order valence-electron chi connectivity index (χ2n) is 4.34. The lowest BCUT2D eigenvalue weighted by molar-refractivity contribution is -0.510. The number of non-ortho nitro benzene ring substituents is 1. The zero-order valence-corrected chi connectivity index (χ0v) is 10.4. The number of nitro groups is 1. The first-order valence-electron chi connectivity index (χ1n) is 5.87. The van der Waals surface area contributed by atoms with E-state index in [-0.39, 0.29) is 10.6 Å². The van der Waals surface area contributed by atoms with Gasteiger partial charge in [-0.2, -0.15) is 0 Å². The van der Waals surface area contributed by atoms with Crippen molar-refractivity contribution in [1.29, 1.82) is 0 Å². The average Bonchev–Trinajstić information content (AvgIpc) is 2.77. The quantitative estimate of drug-likeness (QED) is 0.400. The third-order valence-electron chi connectivity index (χ3n) is 3.21. The van der Waals surface area contributed by atoms with Crippen molar-refractivity contribution >= 4 is 11.3 Å². The van der Waals surface area contributed by atoms with Gasteiger partial charge in [-0.3, -0.25) is 10.1 Å². The van der Waals surface area contributed by atoms with Crippen LogP contribution < -0.4 is 4.40 Å². The van der Waals surface area contributed by atoms with Gasteiger partial charge in [0, 0.05) is 23.8 Å². The molecule has 0 N–H and O–H groups in total. The lowest BCUT2D eigenvalue weighted by Crippen LogP contribution is -2.17. The summed E-state index contributed by atoms with van der Waals surface area (Å²) >= 11 is 0. The molecule has 0 aliphatic carbocycles. The van der Waals surface area contributed by atoms with E-state index in [0.717, 1.165) is 16.9 Å². The molecule has 5 heteroatoms. The Hall–Kier alpha value is -2.69. The summed E-state index contributed by atoms with van der Waals surface area (Å²) < 4.78 is 4.08. The highest BCUT2D eigenvalue weighted by molar-refractivity contribution is 5.62. The number of nitrogens with zero attached hydrogens (tertiary/aromatic N) is 3. The number of aryl methyl sites for hydroxylation is 1. The van der Waals surface area contributed by atoms with Gasteiger partial charge in [0.05, 0.1) is 18.2 Å². The Balaban J connectivity index is 2.13. The maximum Gasteiger partial charge on any atom is 0.286 e. The molecule has 3 aromatic rings. The fraction of sp³-hybridized carbons (Fsp3) is 0.0714. The third kappa shape index (κ3) is 1.85. The molecule has 5 nitrogen and oxygen atoms in total. The van der Waals surface area contributed by atoms with Crippen LogP contribution in [-0.2, 0) is 7.05 Å². The molecule has 3 rings (SSSR count). The summed E-state index contributed by atoms with van der Waals surface area (Å²) in [6.45, 7) is 0. The number of nitro benzene ring substituents is 1. The Bertz CT molecular complexity index is 760. The van der Waals surface area contributed by atoms with Crippen LogP contribution in [-0.4, -0.2) is 9.49 Å². The van der Waals surface area contributed by atoms with Gasteiger partial charge in [-0.25, -0.2) is 8.97 Å². The van der Waals surface area contributed by atoms with Gasteiger partial charge in [0.2, 0.25) is 0 Å². The Morgan fingerprint density at radius 3 is 2.53 bits per heavy atom. The highest BCUT2D eigenvalue weighted by Gasteiger charge is 2.16. The highest BCUT2D eigenvalue weighted by atomic mass is 16.6. The second-order valence-corrected chi connectivity index (χ2v) is 4.34. The number of hydrogen-bond acceptors (Lipinski definition) is 2. The first-order valence-corrected chi connectivity index (χ1v) is 5.87. The Morgan fingerprint density at radius 2 is 1.89 bits per heavy atom. The van der Waals surface area contributed by atoms with Gasteiger partial charge in [0.1, 0.15) is 6.20 Å². The minimum absolute atomic E-state index is 0.107. The van der Waals surface area contributed by atoms with E-state index in [0.29, 0.717) is 0 Å². The molecular weight excluding hydrogens is 242 g/mol. The van der Waals surface area contributed by atoms with Crippen molar-refractivity contribution in [2.45, 2.75) is 0 Å². The first-order chi connectivity index (χ1) is 9.16. The summed E-state index contributed by atoms with van der Waals surface area (Å²) in [5, 5.41) is 10.7. The van der Waals surface area contributed by atoms with Gasteiger partial charge < -0.3 is 0 Å². The summed E-state index contributed by atoms with van der Waals surface area (Å²) in [5.41, 5.74) is 3.14. The molecule has 2 heterocycles. The second kappa shape index (κ2) is 4.20. The fourth-order valence-electron chi connectivity index (χ4n) is 2.20. The van der Waals surface area contributed by atoms with E-state index < -0.39 is 0 Å². The van der Waals surface area contributed by atoms with Gasteiger partial charge in [0.15, 0.2) is 5.69 Å². The number of aromatic nitrogens is 2. The highest BCUT2D eigenvalue weighted by Crippen LogP contribution is 2.22. The third-order valence-corrected chi connectivity index (χ3v) is 3.21. The molecule has 19 heavy (non-hydrogen) atoms. The number of rotatable bonds is 2. The molecule has 0 radical (unpaired) electrons. The average molecular weight is 254 g/mol. The SMILES string of the molecule is Cn1c(-c2ccc([N+](=O)[O-])cc2)c[n+]2ccccc12. The predicted molar refractivity (Wildman–Crippen MR) is 70.7 cm³/mol. The minimum Gasteiger partial charge on any atom is -0.258 e. The number of imidazole rings is 1. The summed E-state index contributed by atoms with van der Waals surface area (Å²) in [4.78, 5) is 10.3. The molecule has 0 saturated heterocycles. The van der Waals surface area contributed by atoms with Crippen LogP contribution in [0.2, 0.25) is 0 Å². The minimum atomic E-state index is -0.389. The molecule has 1 aromatic carbocycles. The van der Waals surface area contributed by atoms with Crippen LogP contribution in [0.4, 0.5) is 5.69 Å². The standard InChI is InChI=1S/C14H12N3O2/c1-15-13(10-16-9-3-2-4-14(15)16)11-5-7-12(8-6-11)17(18)19/h2-10H,1H3/q+1. The Kier molecular flexibility index (Phi) is 2.52. The summed E-state index contributed by atoms with van der Waals surface area (Å²) in [5.74, 6) is 0. The smallest absolute Gasteiger partial charge is 0.258 e. The first kappa shape index (κ1) is 11.4. The van der Waals surface area contributed by atoms with Crippen LogP contribution in [0.3, 0.4) is 0 Å². The van der Waals surface area contributed by atoms with Crippen molar-refractivity contribution in [3.63, 3.8) is 0 Å². The van der Waals surface area contributed by atoms with E-state index >= 15 is 0 Å². The number of hydrogen-bond donors (Lipinski definition) is 0. The summed E-state index contributed by atoms with van der Waals surface area (Å²) in [6.07, 6.45) is 3.99. The number of fused-ring (bicyclic) bond motifs is 1. The normalized spacial score (nSPS) is 10.8. The molecule has 0 aliphatic heterocycles. The van der Waals surface area contributed by atoms with E-state index in [2.05, 4.69) is 4.57 Å². The van der Waals surface area contributed by atoms with Gasteiger partial charge >= 0.3 is 0 Å². The molecule has 0 amide bonds. The predicted octanol–water partition coefficient (Wildman–Crippen LogP) is 2.34. The molecule has 0 bridgehead atoms. The van der Waals surface area contributed by atoms with E-state index in [1.54, 1.807) is 12.1 Å². The van der Waals surface area contributed by atoms with Crippen LogP contribution in [0.25, 0.3) is 16.9 Å². The number of benzene rings is 1. The van der Waals surface area contributed by atoms with Gasteiger partial charge in [-0.05, 0) is 18.2 Å². The van der Waals surface area contributed by atoms with Crippen LogP contribution in [0.1, 0.15) is 0 Å². The molecule has 0 saturated carbocycles. The van der Waals surface area contributed by atoms with Gasteiger partial charge in [0.25, 0.3) is 11.3 Å². The molecule has 0 atom stereocenters. The van der Waals surface area contributed by atoms with E-state index in [9.17, 15) is 10.1 Å². The molecule has 0 fully saturated rings. The largest absolute Gasteiger partial charge is 0.286 e. The molecular formula is C14H12N3O2+. The van der Waals surface area contributed by atoms with E-state index in [1.165, 1.54) is 12.1 Å². The van der Waals surface area contributed by atoms with E-state index in [4.69, 9.17) is 0 Å². The van der Waals surface area contributed by atoms with Crippen molar-refractivity contribution in [2.75, 3.05) is 0 Å². The maximum atomic E-state index is 10.7. The van der Waals surface area contributed by atoms with Crippen molar-refractivity contribution in [3.8, 4) is 11.3 Å². The molecule has 0 spiro atoms. The van der Waals surface area contributed by atoms with E-state index in [1.807, 2.05) is 42.0 Å². The van der Waals surface area contributed by atoms with Crippen molar-refractivity contribution in [3.05, 3.63) is 65.0 Å². The monoisotopic (exact) mass is 254 g/mol. The summed E-state index contributed by atoms with van der Waals surface area (Å²) in [7, 11) is 1.98. The van der Waals surface area contributed by atoms with Gasteiger partial charge in [-0.1, -0.05) is 6.07 Å². The topological polar surface area (TPSA) is 52.2 Å². The van der Waals surface area contributed by atoms with Crippen molar-refractivity contribution in [2.24, 2.45) is 7.05 Å². The van der Waals surface area contributed by atoms with Crippen LogP contribution >= 0.6 is 0 Å². The molecule has 2 aromatic heterocycles. The lowest BCUT2D eigenvalue weighted by Gasteiger charge is -1.97. The van der Waals surface area contributed by atoms with Crippen molar-refractivity contribution < 1.29 is 9.32 Å². The zero-order valence-electron chi connectivity index (χ0n) is 10.4. The fourth-order valence-corrected chi connectivity index (χ4v) is 2.20. The summed E-state index contributed by atoms with van der Waals surface area (Å²) in [6, 6.07) is 12.6. The number of pyridine rings is 1. The van der Waals surface area contributed by atoms with Crippen molar-refractivity contribution in [1.82, 2.24) is 4.57 Å². The lowest BCUT2D eigenvalue weighted by atomic mass is 10.1. The van der Waals surface area contributed by atoms with Gasteiger partial charge in [-0.15, -0.1) is 0 Å². The molecule has 94 valence electrons.